The van der Waals surface area contributed by atoms with E-state index in [-0.39, 0.29) is 11.8 Å². The second-order valence-electron chi connectivity index (χ2n) is 7.02. The third-order valence-corrected chi connectivity index (χ3v) is 5.27. The molecule has 6 nitrogen and oxygen atoms in total. The monoisotopic (exact) mass is 347 g/mol. The van der Waals surface area contributed by atoms with Crippen LogP contribution in [0.3, 0.4) is 0 Å². The smallest absolute Gasteiger partial charge is 0.228 e. The number of nitrogens with one attached hydrogen (secondary N) is 1. The number of fused-ring (bicyclic) bond motifs is 1. The van der Waals surface area contributed by atoms with E-state index in [1.54, 1.807) is 18.6 Å². The lowest BCUT2D eigenvalue weighted by molar-refractivity contribution is -0.124. The van der Waals surface area contributed by atoms with Crippen LogP contribution in [0.1, 0.15) is 25.3 Å². The number of carbonyl (C=O) groups excluding carboxylic acids is 1. The van der Waals surface area contributed by atoms with Crippen molar-refractivity contribution in [2.24, 2.45) is 11.8 Å². The molecule has 1 aliphatic carbocycles. The number of nitrogens with two attached hydrogens (primary N) is 1. The van der Waals surface area contributed by atoms with Gasteiger partial charge in [-0.3, -0.25) is 9.78 Å². The maximum atomic E-state index is 12.3. The molecule has 0 spiro atoms. The Kier molecular flexibility index (Phi) is 4.03. The van der Waals surface area contributed by atoms with E-state index in [1.807, 2.05) is 25.1 Å². The minimum Gasteiger partial charge on any atom is -0.383 e. The lowest BCUT2D eigenvalue weighted by Crippen LogP contribution is -2.35. The third kappa shape index (κ3) is 2.87. The molecular formula is C20H21N5O. The van der Waals surface area contributed by atoms with Crippen molar-refractivity contribution in [2.45, 2.75) is 26.7 Å². The number of pyridine rings is 3. The van der Waals surface area contributed by atoms with E-state index in [1.165, 1.54) is 0 Å². The summed E-state index contributed by atoms with van der Waals surface area (Å²) in [6.07, 6.45) is 7.26. The number of aryl methyl sites for hydroxylation is 1. The summed E-state index contributed by atoms with van der Waals surface area (Å²) in [7, 11) is 0. The number of hydrogen-bond donors (Lipinski definition) is 2. The van der Waals surface area contributed by atoms with Crippen molar-refractivity contribution in [3.05, 3.63) is 42.4 Å². The Labute approximate surface area is 151 Å². The Morgan fingerprint density at radius 3 is 2.81 bits per heavy atom. The van der Waals surface area contributed by atoms with Crippen molar-refractivity contribution in [3.63, 3.8) is 0 Å². The number of rotatable bonds is 3. The average molecular weight is 347 g/mol. The number of nitrogen functional groups attached to an aromatic ring is 1. The van der Waals surface area contributed by atoms with E-state index >= 15 is 0 Å². The SMILES string of the molecule is Cc1ccncc1-c1cc2cc(NC(=O)[C@H]3CC[C@@H]3C)ncc2c(N)n1. The number of aromatic nitrogens is 3. The van der Waals surface area contributed by atoms with Crippen LogP contribution >= 0.6 is 0 Å². The third-order valence-electron chi connectivity index (χ3n) is 5.27. The van der Waals surface area contributed by atoms with Crippen LogP contribution in [0, 0.1) is 18.8 Å². The fraction of sp³-hybridized carbons (Fsp3) is 0.300. The molecule has 1 fully saturated rings. The Bertz CT molecular complexity index is 1000. The van der Waals surface area contributed by atoms with Crippen molar-refractivity contribution < 1.29 is 4.79 Å². The second kappa shape index (κ2) is 6.37. The number of nitrogens with zero attached hydrogens (tertiary/aromatic N) is 3. The molecule has 132 valence electrons. The van der Waals surface area contributed by atoms with Crippen molar-refractivity contribution in [1.82, 2.24) is 15.0 Å². The summed E-state index contributed by atoms with van der Waals surface area (Å²) in [4.78, 5) is 25.3. The molecule has 1 saturated carbocycles. The lowest BCUT2D eigenvalue weighted by Gasteiger charge is -2.32. The first kappa shape index (κ1) is 16.4. The summed E-state index contributed by atoms with van der Waals surface area (Å²) in [5.41, 5.74) is 8.91. The van der Waals surface area contributed by atoms with Crippen LogP contribution in [0.2, 0.25) is 0 Å². The number of hydrogen-bond acceptors (Lipinski definition) is 5. The molecule has 4 rings (SSSR count). The molecule has 3 heterocycles. The van der Waals surface area contributed by atoms with E-state index in [2.05, 4.69) is 27.2 Å². The largest absolute Gasteiger partial charge is 0.383 e. The topological polar surface area (TPSA) is 93.8 Å². The van der Waals surface area contributed by atoms with E-state index in [9.17, 15) is 4.79 Å². The van der Waals surface area contributed by atoms with Gasteiger partial charge in [-0.2, -0.15) is 0 Å². The molecule has 0 unspecified atom stereocenters. The molecule has 0 aliphatic heterocycles. The fourth-order valence-corrected chi connectivity index (χ4v) is 3.39. The van der Waals surface area contributed by atoms with Crippen molar-refractivity contribution in [1.29, 1.82) is 0 Å². The highest BCUT2D eigenvalue weighted by Crippen LogP contribution is 2.34. The Balaban J connectivity index is 1.70. The predicted molar refractivity (Wildman–Crippen MR) is 102 cm³/mol. The van der Waals surface area contributed by atoms with E-state index in [0.29, 0.717) is 17.6 Å². The first-order valence-electron chi connectivity index (χ1n) is 8.81. The fourth-order valence-electron chi connectivity index (χ4n) is 3.39. The molecule has 0 bridgehead atoms. The minimum atomic E-state index is 0.0426. The molecule has 2 atom stereocenters. The van der Waals surface area contributed by atoms with Crippen LogP contribution in [-0.4, -0.2) is 20.9 Å². The Morgan fingerprint density at radius 1 is 1.27 bits per heavy atom. The van der Waals surface area contributed by atoms with Crippen LogP contribution < -0.4 is 11.1 Å². The molecule has 0 aromatic carbocycles. The van der Waals surface area contributed by atoms with Gasteiger partial charge in [0.2, 0.25) is 5.91 Å². The summed E-state index contributed by atoms with van der Waals surface area (Å²) in [6.45, 7) is 4.12. The normalized spacial score (nSPS) is 19.2. The van der Waals surface area contributed by atoms with E-state index in [4.69, 9.17) is 5.73 Å². The van der Waals surface area contributed by atoms with Gasteiger partial charge in [0, 0.05) is 35.5 Å². The maximum Gasteiger partial charge on any atom is 0.228 e. The molecule has 1 aliphatic rings. The van der Waals surface area contributed by atoms with Gasteiger partial charge < -0.3 is 11.1 Å². The van der Waals surface area contributed by atoms with Gasteiger partial charge in [-0.25, -0.2) is 9.97 Å². The average Bonchev–Trinajstić information content (AvgIpc) is 2.60. The maximum absolute atomic E-state index is 12.3. The number of carbonyl (C=O) groups is 1. The van der Waals surface area contributed by atoms with Crippen LogP contribution in [-0.2, 0) is 4.79 Å². The standard InChI is InChI=1S/C20H21N5O/c1-11-3-4-14(11)20(26)25-18-8-13-7-17(15-9-22-6-5-12(15)2)24-19(21)16(13)10-23-18/h5-11,14H,3-4H2,1-2H3,(H2,21,24)(H,23,25,26)/t11-,14-/m0/s1. The van der Waals surface area contributed by atoms with Gasteiger partial charge in [-0.15, -0.1) is 0 Å². The predicted octanol–water partition coefficient (Wildman–Crippen LogP) is 3.57. The number of anilines is 2. The summed E-state index contributed by atoms with van der Waals surface area (Å²) in [5, 5.41) is 4.59. The second-order valence-corrected chi connectivity index (χ2v) is 7.02. The highest BCUT2D eigenvalue weighted by molar-refractivity contribution is 5.98. The highest BCUT2D eigenvalue weighted by atomic mass is 16.2. The minimum absolute atomic E-state index is 0.0426. The zero-order chi connectivity index (χ0) is 18.3. The number of amides is 1. The molecule has 0 saturated heterocycles. The highest BCUT2D eigenvalue weighted by Gasteiger charge is 2.33. The van der Waals surface area contributed by atoms with Gasteiger partial charge in [0.05, 0.1) is 5.69 Å². The lowest BCUT2D eigenvalue weighted by atomic mass is 9.74. The molecule has 3 N–H and O–H groups in total. The molecular weight excluding hydrogens is 326 g/mol. The summed E-state index contributed by atoms with van der Waals surface area (Å²) >= 11 is 0. The van der Waals surface area contributed by atoms with Gasteiger partial charge >= 0.3 is 0 Å². The molecule has 3 aromatic heterocycles. The quantitative estimate of drug-likeness (QED) is 0.755. The van der Waals surface area contributed by atoms with E-state index in [0.717, 1.165) is 40.4 Å². The Hall–Kier alpha value is -3.02. The van der Waals surface area contributed by atoms with Gasteiger partial charge in [0.15, 0.2) is 0 Å². The van der Waals surface area contributed by atoms with Gasteiger partial charge in [0.1, 0.15) is 11.6 Å². The first-order valence-corrected chi connectivity index (χ1v) is 8.81. The molecule has 0 radical (unpaired) electrons. The van der Waals surface area contributed by atoms with Gasteiger partial charge in [0.25, 0.3) is 0 Å². The molecule has 6 heteroatoms. The van der Waals surface area contributed by atoms with Crippen molar-refractivity contribution >= 4 is 28.3 Å². The zero-order valence-electron chi connectivity index (χ0n) is 14.9. The molecule has 3 aromatic rings. The molecule has 1 amide bonds. The van der Waals surface area contributed by atoms with Gasteiger partial charge in [-0.05, 0) is 54.8 Å². The van der Waals surface area contributed by atoms with E-state index < -0.39 is 0 Å². The molecule has 26 heavy (non-hydrogen) atoms. The van der Waals surface area contributed by atoms with Gasteiger partial charge in [-0.1, -0.05) is 6.92 Å². The van der Waals surface area contributed by atoms with Crippen LogP contribution in [0.15, 0.2) is 36.8 Å². The summed E-state index contributed by atoms with van der Waals surface area (Å²) in [6, 6.07) is 5.75. The van der Waals surface area contributed by atoms with Crippen LogP contribution in [0.5, 0.6) is 0 Å². The zero-order valence-corrected chi connectivity index (χ0v) is 14.9. The van der Waals surface area contributed by atoms with Crippen LogP contribution in [0.4, 0.5) is 11.6 Å². The van der Waals surface area contributed by atoms with Crippen molar-refractivity contribution in [2.75, 3.05) is 11.1 Å². The first-order chi connectivity index (χ1) is 12.5. The van der Waals surface area contributed by atoms with Crippen molar-refractivity contribution in [3.8, 4) is 11.3 Å². The summed E-state index contributed by atoms with van der Waals surface area (Å²) in [5.74, 6) is 1.53. The Morgan fingerprint density at radius 2 is 2.12 bits per heavy atom. The summed E-state index contributed by atoms with van der Waals surface area (Å²) < 4.78 is 0. The van der Waals surface area contributed by atoms with Crippen LogP contribution in [0.25, 0.3) is 22.0 Å².